The van der Waals surface area contributed by atoms with Crippen molar-refractivity contribution >= 4 is 27.5 Å². The van der Waals surface area contributed by atoms with E-state index in [9.17, 15) is 13.2 Å². The standard InChI is InChI=1S/C21H27ClN2O4S/c1-3-4-8-13-23-21(25)16-24(15-17-9-6-5-7-10-17)29(26,27)18-11-12-20(28-2)19(22)14-18/h5-7,9-12,14H,3-4,8,13,15-16H2,1-2H3,(H,23,25). The summed E-state index contributed by atoms with van der Waals surface area (Å²) < 4.78 is 32.7. The van der Waals surface area contributed by atoms with Gasteiger partial charge in [0.1, 0.15) is 5.75 Å². The van der Waals surface area contributed by atoms with Gasteiger partial charge in [-0.15, -0.1) is 0 Å². The quantitative estimate of drug-likeness (QED) is 0.541. The number of ether oxygens (including phenoxy) is 1. The van der Waals surface area contributed by atoms with Gasteiger partial charge in [0.25, 0.3) is 0 Å². The highest BCUT2D eigenvalue weighted by Gasteiger charge is 2.27. The summed E-state index contributed by atoms with van der Waals surface area (Å²) in [7, 11) is -2.49. The molecule has 2 aromatic rings. The highest BCUT2D eigenvalue weighted by Crippen LogP contribution is 2.28. The van der Waals surface area contributed by atoms with E-state index in [0.717, 1.165) is 29.1 Å². The van der Waals surface area contributed by atoms with Gasteiger partial charge in [0.15, 0.2) is 0 Å². The Morgan fingerprint density at radius 1 is 1.14 bits per heavy atom. The number of methoxy groups -OCH3 is 1. The number of rotatable bonds is 11. The average molecular weight is 439 g/mol. The summed E-state index contributed by atoms with van der Waals surface area (Å²) in [6.07, 6.45) is 2.92. The first kappa shape index (κ1) is 23.2. The van der Waals surface area contributed by atoms with Gasteiger partial charge in [-0.3, -0.25) is 4.79 Å². The van der Waals surface area contributed by atoms with Crippen LogP contribution in [0, 0.1) is 0 Å². The summed E-state index contributed by atoms with van der Waals surface area (Å²) >= 11 is 6.12. The Bertz CT molecular complexity index is 904. The maximum Gasteiger partial charge on any atom is 0.243 e. The number of carbonyl (C=O) groups is 1. The van der Waals surface area contributed by atoms with Crippen molar-refractivity contribution in [1.82, 2.24) is 9.62 Å². The summed E-state index contributed by atoms with van der Waals surface area (Å²) in [5.74, 6) is 0.0501. The number of nitrogens with zero attached hydrogens (tertiary/aromatic N) is 1. The van der Waals surface area contributed by atoms with E-state index in [2.05, 4.69) is 12.2 Å². The minimum absolute atomic E-state index is 0.0121. The molecule has 0 radical (unpaired) electrons. The maximum absolute atomic E-state index is 13.2. The molecule has 0 atom stereocenters. The molecule has 8 heteroatoms. The third-order valence-corrected chi connectivity index (χ3v) is 6.47. The number of nitrogens with one attached hydrogen (secondary N) is 1. The van der Waals surface area contributed by atoms with Crippen LogP contribution in [0.2, 0.25) is 5.02 Å². The number of carbonyl (C=O) groups excluding carboxylic acids is 1. The van der Waals surface area contributed by atoms with Crippen LogP contribution < -0.4 is 10.1 Å². The zero-order chi connectivity index (χ0) is 21.3. The number of amides is 1. The molecule has 0 aliphatic carbocycles. The minimum atomic E-state index is -3.94. The van der Waals surface area contributed by atoms with E-state index >= 15 is 0 Å². The number of hydrogen-bond donors (Lipinski definition) is 1. The van der Waals surface area contributed by atoms with Crippen molar-refractivity contribution in [3.63, 3.8) is 0 Å². The molecule has 0 spiro atoms. The fraction of sp³-hybridized carbons (Fsp3) is 0.381. The third-order valence-electron chi connectivity index (χ3n) is 4.39. The Kier molecular flexibility index (Phi) is 8.95. The van der Waals surface area contributed by atoms with Crippen LogP contribution in [-0.2, 0) is 21.4 Å². The van der Waals surface area contributed by atoms with E-state index in [0.29, 0.717) is 12.3 Å². The van der Waals surface area contributed by atoms with Crippen LogP contribution in [0.25, 0.3) is 0 Å². The molecule has 2 rings (SSSR count). The lowest BCUT2D eigenvalue weighted by atomic mass is 10.2. The van der Waals surface area contributed by atoms with E-state index in [1.165, 1.54) is 25.3 Å². The fourth-order valence-electron chi connectivity index (χ4n) is 2.79. The van der Waals surface area contributed by atoms with Crippen molar-refractivity contribution < 1.29 is 17.9 Å². The minimum Gasteiger partial charge on any atom is -0.495 e. The van der Waals surface area contributed by atoms with Gasteiger partial charge in [-0.05, 0) is 30.2 Å². The molecule has 0 bridgehead atoms. The van der Waals surface area contributed by atoms with Gasteiger partial charge in [0, 0.05) is 13.1 Å². The summed E-state index contributed by atoms with van der Waals surface area (Å²) in [5.41, 5.74) is 0.787. The Morgan fingerprint density at radius 2 is 1.86 bits per heavy atom. The molecular formula is C21H27ClN2O4S. The molecule has 0 aliphatic heterocycles. The van der Waals surface area contributed by atoms with Crippen LogP contribution in [0.15, 0.2) is 53.4 Å². The molecule has 0 unspecified atom stereocenters. The Morgan fingerprint density at radius 3 is 2.48 bits per heavy atom. The molecule has 2 aromatic carbocycles. The smallest absolute Gasteiger partial charge is 0.243 e. The highest BCUT2D eigenvalue weighted by molar-refractivity contribution is 7.89. The zero-order valence-corrected chi connectivity index (χ0v) is 18.3. The van der Waals surface area contributed by atoms with Crippen LogP contribution in [-0.4, -0.2) is 38.8 Å². The average Bonchev–Trinajstić information content (AvgIpc) is 2.71. The summed E-state index contributed by atoms with van der Waals surface area (Å²) in [6.45, 7) is 2.42. The SMILES string of the molecule is CCCCCNC(=O)CN(Cc1ccccc1)S(=O)(=O)c1ccc(OC)c(Cl)c1. The monoisotopic (exact) mass is 438 g/mol. The van der Waals surface area contributed by atoms with Crippen LogP contribution in [0.1, 0.15) is 31.7 Å². The predicted octanol–water partition coefficient (Wildman–Crippen LogP) is 3.85. The van der Waals surface area contributed by atoms with Gasteiger partial charge < -0.3 is 10.1 Å². The van der Waals surface area contributed by atoms with Gasteiger partial charge in [-0.2, -0.15) is 4.31 Å². The van der Waals surface area contributed by atoms with Crippen molar-refractivity contribution in [2.75, 3.05) is 20.2 Å². The van der Waals surface area contributed by atoms with Gasteiger partial charge in [0.2, 0.25) is 15.9 Å². The molecule has 0 aromatic heterocycles. The molecule has 0 saturated heterocycles. The van der Waals surface area contributed by atoms with E-state index in [1.54, 1.807) is 0 Å². The van der Waals surface area contributed by atoms with Crippen molar-refractivity contribution in [2.24, 2.45) is 0 Å². The first-order valence-corrected chi connectivity index (χ1v) is 11.3. The molecule has 0 heterocycles. The number of sulfonamides is 1. The molecule has 0 saturated carbocycles. The van der Waals surface area contributed by atoms with Gasteiger partial charge >= 0.3 is 0 Å². The molecular weight excluding hydrogens is 412 g/mol. The molecule has 1 N–H and O–H groups in total. The fourth-order valence-corrected chi connectivity index (χ4v) is 4.52. The second kappa shape index (κ2) is 11.2. The lowest BCUT2D eigenvalue weighted by molar-refractivity contribution is -0.121. The molecule has 0 fully saturated rings. The summed E-state index contributed by atoms with van der Waals surface area (Å²) in [5, 5.41) is 2.99. The predicted molar refractivity (Wildman–Crippen MR) is 115 cm³/mol. The van der Waals surface area contributed by atoms with Crippen molar-refractivity contribution in [3.05, 3.63) is 59.1 Å². The lowest BCUT2D eigenvalue weighted by Crippen LogP contribution is -2.40. The largest absolute Gasteiger partial charge is 0.495 e. The Hall–Kier alpha value is -2.09. The zero-order valence-electron chi connectivity index (χ0n) is 16.7. The molecule has 6 nitrogen and oxygen atoms in total. The number of benzene rings is 2. The number of hydrogen-bond acceptors (Lipinski definition) is 4. The topological polar surface area (TPSA) is 75.7 Å². The van der Waals surface area contributed by atoms with E-state index in [-0.39, 0.29) is 28.9 Å². The maximum atomic E-state index is 13.2. The van der Waals surface area contributed by atoms with E-state index < -0.39 is 10.0 Å². The molecule has 1 amide bonds. The van der Waals surface area contributed by atoms with E-state index in [4.69, 9.17) is 16.3 Å². The van der Waals surface area contributed by atoms with Crippen LogP contribution >= 0.6 is 11.6 Å². The first-order valence-electron chi connectivity index (χ1n) is 9.52. The highest BCUT2D eigenvalue weighted by atomic mass is 35.5. The first-order chi connectivity index (χ1) is 13.9. The van der Waals surface area contributed by atoms with Crippen molar-refractivity contribution in [1.29, 1.82) is 0 Å². The lowest BCUT2D eigenvalue weighted by Gasteiger charge is -2.22. The third kappa shape index (κ3) is 6.73. The Labute approximate surface area is 177 Å². The second-order valence-electron chi connectivity index (χ2n) is 6.61. The van der Waals surface area contributed by atoms with Crippen molar-refractivity contribution in [3.8, 4) is 5.75 Å². The summed E-state index contributed by atoms with van der Waals surface area (Å²) in [4.78, 5) is 12.4. The molecule has 158 valence electrons. The van der Waals surface area contributed by atoms with Gasteiger partial charge in [-0.25, -0.2) is 8.42 Å². The van der Waals surface area contributed by atoms with Gasteiger partial charge in [-0.1, -0.05) is 61.7 Å². The number of halogens is 1. The normalized spacial score (nSPS) is 11.4. The molecule has 0 aliphatic rings. The molecule has 29 heavy (non-hydrogen) atoms. The van der Waals surface area contributed by atoms with Crippen molar-refractivity contribution in [2.45, 2.75) is 37.6 Å². The van der Waals surface area contributed by atoms with Crippen LogP contribution in [0.3, 0.4) is 0 Å². The van der Waals surface area contributed by atoms with Crippen LogP contribution in [0.4, 0.5) is 0 Å². The van der Waals surface area contributed by atoms with Crippen LogP contribution in [0.5, 0.6) is 5.75 Å². The van der Waals surface area contributed by atoms with Gasteiger partial charge in [0.05, 0.1) is 23.6 Å². The number of unbranched alkanes of at least 4 members (excludes halogenated alkanes) is 2. The summed E-state index contributed by atoms with van der Waals surface area (Å²) in [6, 6.07) is 13.4. The van der Waals surface area contributed by atoms with E-state index in [1.807, 2.05) is 30.3 Å². The second-order valence-corrected chi connectivity index (χ2v) is 8.96. The Balaban J connectivity index is 2.25.